The van der Waals surface area contributed by atoms with Crippen LogP contribution in [0.1, 0.15) is 36.7 Å². The average Bonchev–Trinajstić information content (AvgIpc) is 2.40. The maximum atomic E-state index is 10.9. The molecule has 1 N–H and O–H groups in total. The molecule has 0 spiro atoms. The van der Waals surface area contributed by atoms with Crippen molar-refractivity contribution in [3.8, 4) is 0 Å². The molecule has 4 heteroatoms. The van der Waals surface area contributed by atoms with E-state index in [1.165, 1.54) is 5.56 Å². The van der Waals surface area contributed by atoms with Crippen molar-refractivity contribution in [2.75, 3.05) is 0 Å². The predicted octanol–water partition coefficient (Wildman–Crippen LogP) is 5.60. The molecule has 0 heterocycles. The van der Waals surface area contributed by atoms with Gasteiger partial charge in [-0.05, 0) is 57.2 Å². The summed E-state index contributed by atoms with van der Waals surface area (Å²) >= 11 is 5.05. The highest BCUT2D eigenvalue weighted by Gasteiger charge is 2.13. The van der Waals surface area contributed by atoms with Crippen LogP contribution >= 0.6 is 27.7 Å². The highest BCUT2D eigenvalue weighted by Crippen LogP contribution is 2.35. The average molecular weight is 365 g/mol. The number of carboxylic acids is 1. The van der Waals surface area contributed by atoms with Crippen molar-refractivity contribution >= 4 is 33.7 Å². The van der Waals surface area contributed by atoms with Crippen LogP contribution in [0.5, 0.6) is 0 Å². The lowest BCUT2D eigenvalue weighted by atomic mass is 9.87. The zero-order valence-electron chi connectivity index (χ0n) is 12.2. The smallest absolute Gasteiger partial charge is 0.335 e. The second-order valence-corrected chi connectivity index (χ2v) is 7.80. The molecule has 0 aromatic heterocycles. The Balaban J connectivity index is 2.20. The number of carboxylic acid groups (broad SMARTS) is 1. The Kier molecular flexibility index (Phi) is 4.79. The number of hydrogen-bond donors (Lipinski definition) is 1. The minimum Gasteiger partial charge on any atom is -0.478 e. The van der Waals surface area contributed by atoms with Gasteiger partial charge >= 0.3 is 5.97 Å². The van der Waals surface area contributed by atoms with Gasteiger partial charge in [0.25, 0.3) is 0 Å². The third-order valence-corrected chi connectivity index (χ3v) is 5.13. The van der Waals surface area contributed by atoms with Gasteiger partial charge in [0.2, 0.25) is 0 Å². The largest absolute Gasteiger partial charge is 0.478 e. The van der Waals surface area contributed by atoms with Crippen LogP contribution in [0.4, 0.5) is 0 Å². The summed E-state index contributed by atoms with van der Waals surface area (Å²) in [6.07, 6.45) is 0. The SMILES string of the molecule is CC(C)(C)c1ccc(Sc2ccc(C(=O)O)cc2Br)cc1. The third-order valence-electron chi connectivity index (χ3n) is 3.13. The summed E-state index contributed by atoms with van der Waals surface area (Å²) in [6.45, 7) is 6.57. The van der Waals surface area contributed by atoms with Crippen LogP contribution in [0, 0.1) is 0 Å². The van der Waals surface area contributed by atoms with E-state index in [0.717, 1.165) is 14.3 Å². The van der Waals surface area contributed by atoms with Crippen molar-refractivity contribution in [2.45, 2.75) is 36.0 Å². The molecule has 2 nitrogen and oxygen atoms in total. The molecule has 0 atom stereocenters. The minimum absolute atomic E-state index is 0.146. The van der Waals surface area contributed by atoms with Crippen molar-refractivity contribution in [3.63, 3.8) is 0 Å². The minimum atomic E-state index is -0.915. The van der Waals surface area contributed by atoms with E-state index in [1.807, 2.05) is 6.07 Å². The molecule has 0 aliphatic heterocycles. The van der Waals surface area contributed by atoms with Crippen LogP contribution in [-0.2, 0) is 5.41 Å². The number of rotatable bonds is 3. The molecule has 21 heavy (non-hydrogen) atoms. The fourth-order valence-corrected chi connectivity index (χ4v) is 3.31. The van der Waals surface area contributed by atoms with Gasteiger partial charge in [0, 0.05) is 14.3 Å². The van der Waals surface area contributed by atoms with Gasteiger partial charge in [-0.1, -0.05) is 44.7 Å². The number of halogens is 1. The molecule has 0 amide bonds. The fraction of sp³-hybridized carbons (Fsp3) is 0.235. The van der Waals surface area contributed by atoms with Crippen LogP contribution in [0.15, 0.2) is 56.7 Å². The van der Waals surface area contributed by atoms with Gasteiger partial charge in [-0.15, -0.1) is 0 Å². The van der Waals surface area contributed by atoms with E-state index < -0.39 is 5.97 Å². The van der Waals surface area contributed by atoms with Crippen LogP contribution in [0.3, 0.4) is 0 Å². The van der Waals surface area contributed by atoms with E-state index >= 15 is 0 Å². The van der Waals surface area contributed by atoms with Gasteiger partial charge < -0.3 is 5.11 Å². The van der Waals surface area contributed by atoms with Gasteiger partial charge in [0.15, 0.2) is 0 Å². The normalized spacial score (nSPS) is 11.4. The topological polar surface area (TPSA) is 37.3 Å². The Hall–Kier alpha value is -1.26. The quantitative estimate of drug-likeness (QED) is 0.770. The van der Waals surface area contributed by atoms with Crippen molar-refractivity contribution in [1.82, 2.24) is 0 Å². The van der Waals surface area contributed by atoms with E-state index in [4.69, 9.17) is 5.11 Å². The molecule has 0 aliphatic carbocycles. The first-order valence-corrected chi connectivity index (χ1v) is 8.19. The molecule has 0 bridgehead atoms. The summed E-state index contributed by atoms with van der Waals surface area (Å²) in [5.74, 6) is -0.915. The molecule has 0 saturated heterocycles. The molecule has 2 rings (SSSR count). The van der Waals surface area contributed by atoms with E-state index in [2.05, 4.69) is 61.0 Å². The Labute approximate surface area is 137 Å². The standard InChI is InChI=1S/C17H17BrO2S/c1-17(2,3)12-5-7-13(8-6-12)21-15-9-4-11(16(19)20)10-14(15)18/h4-10H,1-3H3,(H,19,20). The Morgan fingerprint density at radius 2 is 1.71 bits per heavy atom. The summed E-state index contributed by atoms with van der Waals surface area (Å²) < 4.78 is 0.798. The molecule has 2 aromatic carbocycles. The van der Waals surface area contributed by atoms with E-state index in [1.54, 1.807) is 23.9 Å². The highest BCUT2D eigenvalue weighted by molar-refractivity contribution is 9.10. The number of carbonyl (C=O) groups is 1. The third kappa shape index (κ3) is 4.11. The van der Waals surface area contributed by atoms with E-state index in [0.29, 0.717) is 0 Å². The molecule has 0 unspecified atom stereocenters. The van der Waals surface area contributed by atoms with Crippen LogP contribution in [0.25, 0.3) is 0 Å². The van der Waals surface area contributed by atoms with Crippen molar-refractivity contribution in [3.05, 3.63) is 58.1 Å². The summed E-state index contributed by atoms with van der Waals surface area (Å²) in [5, 5.41) is 8.97. The molecule has 0 aliphatic rings. The first-order valence-electron chi connectivity index (χ1n) is 6.58. The second-order valence-electron chi connectivity index (χ2n) is 5.83. The lowest BCUT2D eigenvalue weighted by Gasteiger charge is -2.19. The van der Waals surface area contributed by atoms with Crippen molar-refractivity contribution in [2.24, 2.45) is 0 Å². The maximum absolute atomic E-state index is 10.9. The first kappa shape index (κ1) is 16.1. The highest BCUT2D eigenvalue weighted by atomic mass is 79.9. The van der Waals surface area contributed by atoms with Gasteiger partial charge in [0.05, 0.1) is 5.56 Å². The predicted molar refractivity (Wildman–Crippen MR) is 90.4 cm³/mol. The molecular weight excluding hydrogens is 348 g/mol. The van der Waals surface area contributed by atoms with Gasteiger partial charge in [-0.25, -0.2) is 4.79 Å². The summed E-state index contributed by atoms with van der Waals surface area (Å²) in [4.78, 5) is 13.1. The zero-order valence-corrected chi connectivity index (χ0v) is 14.6. The molecule has 0 fully saturated rings. The molecule has 0 radical (unpaired) electrons. The molecule has 110 valence electrons. The first-order chi connectivity index (χ1) is 9.77. The van der Waals surface area contributed by atoms with Crippen molar-refractivity contribution in [1.29, 1.82) is 0 Å². The Morgan fingerprint density at radius 3 is 2.19 bits per heavy atom. The zero-order chi connectivity index (χ0) is 15.6. The number of benzene rings is 2. The molecular formula is C17H17BrO2S. The Bertz CT molecular complexity index is 657. The molecule has 2 aromatic rings. The second kappa shape index (κ2) is 6.24. The van der Waals surface area contributed by atoms with Gasteiger partial charge in [-0.3, -0.25) is 0 Å². The maximum Gasteiger partial charge on any atom is 0.335 e. The van der Waals surface area contributed by atoms with E-state index in [9.17, 15) is 4.79 Å². The summed E-state index contributed by atoms with van der Waals surface area (Å²) in [5.41, 5.74) is 1.73. The summed E-state index contributed by atoms with van der Waals surface area (Å²) in [6, 6.07) is 13.6. The van der Waals surface area contributed by atoms with Gasteiger partial charge in [0.1, 0.15) is 0 Å². The Morgan fingerprint density at radius 1 is 1.10 bits per heavy atom. The molecule has 0 saturated carbocycles. The monoisotopic (exact) mass is 364 g/mol. The number of aromatic carboxylic acids is 1. The van der Waals surface area contributed by atoms with Crippen molar-refractivity contribution < 1.29 is 9.90 Å². The van der Waals surface area contributed by atoms with E-state index in [-0.39, 0.29) is 11.0 Å². The summed E-state index contributed by atoms with van der Waals surface area (Å²) in [7, 11) is 0. The fourth-order valence-electron chi connectivity index (χ4n) is 1.87. The van der Waals surface area contributed by atoms with Gasteiger partial charge in [-0.2, -0.15) is 0 Å². The number of hydrogen-bond acceptors (Lipinski definition) is 2. The van der Waals surface area contributed by atoms with Crippen LogP contribution in [0.2, 0.25) is 0 Å². The van der Waals surface area contributed by atoms with Crippen LogP contribution < -0.4 is 0 Å². The van der Waals surface area contributed by atoms with Crippen LogP contribution in [-0.4, -0.2) is 11.1 Å². The lowest BCUT2D eigenvalue weighted by Crippen LogP contribution is -2.10. The lowest BCUT2D eigenvalue weighted by molar-refractivity contribution is 0.0696.